The van der Waals surface area contributed by atoms with Crippen LogP contribution >= 0.6 is 0 Å². The summed E-state index contributed by atoms with van der Waals surface area (Å²) in [5.41, 5.74) is 1.74. The van der Waals surface area contributed by atoms with Gasteiger partial charge in [-0.25, -0.2) is 4.79 Å². The van der Waals surface area contributed by atoms with Gasteiger partial charge in [0.1, 0.15) is 0 Å². The zero-order chi connectivity index (χ0) is 17.9. The maximum absolute atomic E-state index is 11.7. The third-order valence-corrected chi connectivity index (χ3v) is 3.91. The van der Waals surface area contributed by atoms with Gasteiger partial charge in [-0.05, 0) is 17.7 Å². The first kappa shape index (κ1) is 15.8. The van der Waals surface area contributed by atoms with Crippen LogP contribution in [0.3, 0.4) is 0 Å². The van der Waals surface area contributed by atoms with Gasteiger partial charge in [0.25, 0.3) is 11.4 Å². The molecule has 7 heteroatoms. The number of hydrogen-bond acceptors (Lipinski definition) is 5. The number of hydrogen-bond donors (Lipinski definition) is 1. The topological polar surface area (TPSA) is 93.8 Å². The molecule has 4 rings (SSSR count). The molecule has 0 atom stereocenters. The minimum absolute atomic E-state index is 0.359. The van der Waals surface area contributed by atoms with E-state index in [9.17, 15) is 9.59 Å². The monoisotopic (exact) mass is 346 g/mol. The molecule has 0 unspecified atom stereocenters. The first-order valence-electron chi connectivity index (χ1n) is 7.97. The SMILES string of the molecule is O=c1ccn(Cc2ccc(-c3noc(-c4ccccc4)n3)cc2)c(=O)[nH]1. The maximum Gasteiger partial charge on any atom is 0.328 e. The van der Waals surface area contributed by atoms with Gasteiger partial charge in [0.15, 0.2) is 0 Å². The second-order valence-corrected chi connectivity index (χ2v) is 5.72. The normalized spacial score (nSPS) is 10.8. The van der Waals surface area contributed by atoms with Crippen LogP contribution in [0.2, 0.25) is 0 Å². The molecule has 2 aromatic heterocycles. The highest BCUT2D eigenvalue weighted by Gasteiger charge is 2.10. The zero-order valence-corrected chi connectivity index (χ0v) is 13.6. The number of H-pyrrole nitrogens is 1. The van der Waals surface area contributed by atoms with E-state index in [0.29, 0.717) is 18.3 Å². The van der Waals surface area contributed by atoms with Gasteiger partial charge < -0.3 is 4.52 Å². The molecule has 2 aromatic carbocycles. The summed E-state index contributed by atoms with van der Waals surface area (Å²) in [6.07, 6.45) is 1.47. The van der Waals surface area contributed by atoms with Gasteiger partial charge in [-0.1, -0.05) is 47.6 Å². The predicted octanol–water partition coefficient (Wildman–Crippen LogP) is 2.30. The average Bonchev–Trinajstić information content (AvgIpc) is 3.16. The Kier molecular flexibility index (Phi) is 4.03. The summed E-state index contributed by atoms with van der Waals surface area (Å²) in [6.45, 7) is 0.359. The van der Waals surface area contributed by atoms with Crippen molar-refractivity contribution in [2.75, 3.05) is 0 Å². The standard InChI is InChI=1S/C19H14N4O3/c24-16-10-11-23(19(25)20-16)12-13-6-8-14(9-7-13)17-21-18(26-22-17)15-4-2-1-3-5-15/h1-11H,12H2,(H,20,24,25). The first-order chi connectivity index (χ1) is 12.7. The van der Waals surface area contributed by atoms with Crippen LogP contribution < -0.4 is 11.2 Å². The minimum atomic E-state index is -0.438. The molecule has 0 spiro atoms. The van der Waals surface area contributed by atoms with Crippen molar-refractivity contribution in [2.45, 2.75) is 6.54 Å². The molecule has 0 saturated carbocycles. The van der Waals surface area contributed by atoms with Crippen LogP contribution in [0, 0.1) is 0 Å². The summed E-state index contributed by atoms with van der Waals surface area (Å²) >= 11 is 0. The highest BCUT2D eigenvalue weighted by Crippen LogP contribution is 2.22. The van der Waals surface area contributed by atoms with Crippen molar-refractivity contribution in [3.8, 4) is 22.8 Å². The van der Waals surface area contributed by atoms with Crippen LogP contribution in [0.4, 0.5) is 0 Å². The van der Waals surface area contributed by atoms with Crippen LogP contribution in [0.15, 0.2) is 81.0 Å². The van der Waals surface area contributed by atoms with Crippen molar-refractivity contribution in [2.24, 2.45) is 0 Å². The van der Waals surface area contributed by atoms with Crippen LogP contribution in [0.1, 0.15) is 5.56 Å². The highest BCUT2D eigenvalue weighted by molar-refractivity contribution is 5.59. The Labute approximate surface area is 147 Å². The highest BCUT2D eigenvalue weighted by atomic mass is 16.5. The summed E-state index contributed by atoms with van der Waals surface area (Å²) in [4.78, 5) is 29.5. The van der Waals surface area contributed by atoms with Crippen LogP contribution in [0.25, 0.3) is 22.8 Å². The van der Waals surface area contributed by atoms with Crippen LogP contribution in [-0.2, 0) is 6.54 Å². The van der Waals surface area contributed by atoms with Crippen molar-refractivity contribution in [1.82, 2.24) is 19.7 Å². The molecule has 0 aliphatic rings. The number of nitrogens with zero attached hydrogens (tertiary/aromatic N) is 3. The molecule has 0 aliphatic carbocycles. The molecular weight excluding hydrogens is 332 g/mol. The largest absolute Gasteiger partial charge is 0.334 e. The fraction of sp³-hybridized carbons (Fsp3) is 0.0526. The molecule has 0 fully saturated rings. The number of rotatable bonds is 4. The molecule has 0 radical (unpaired) electrons. The molecular formula is C19H14N4O3. The van der Waals surface area contributed by atoms with Gasteiger partial charge in [-0.15, -0.1) is 0 Å². The lowest BCUT2D eigenvalue weighted by molar-refractivity contribution is 0.432. The van der Waals surface area contributed by atoms with Gasteiger partial charge in [0.2, 0.25) is 5.82 Å². The Morgan fingerprint density at radius 2 is 1.69 bits per heavy atom. The molecule has 128 valence electrons. The van der Waals surface area contributed by atoms with E-state index in [1.54, 1.807) is 0 Å². The lowest BCUT2D eigenvalue weighted by atomic mass is 10.1. The number of aromatic amines is 1. The van der Waals surface area contributed by atoms with Crippen molar-refractivity contribution in [1.29, 1.82) is 0 Å². The molecule has 26 heavy (non-hydrogen) atoms. The summed E-state index contributed by atoms with van der Waals surface area (Å²) in [7, 11) is 0. The quantitative estimate of drug-likeness (QED) is 0.612. The summed E-state index contributed by atoms with van der Waals surface area (Å²) in [5.74, 6) is 0.959. The molecule has 1 N–H and O–H groups in total. The van der Waals surface area contributed by atoms with E-state index in [4.69, 9.17) is 4.52 Å². The van der Waals surface area contributed by atoms with Crippen LogP contribution in [0.5, 0.6) is 0 Å². The van der Waals surface area contributed by atoms with Gasteiger partial charge in [-0.2, -0.15) is 4.98 Å². The maximum atomic E-state index is 11.7. The van der Waals surface area contributed by atoms with E-state index in [2.05, 4.69) is 15.1 Å². The van der Waals surface area contributed by atoms with Gasteiger partial charge in [0, 0.05) is 23.4 Å². The molecule has 4 aromatic rings. The molecule has 0 bridgehead atoms. The van der Waals surface area contributed by atoms with Crippen LogP contribution in [-0.4, -0.2) is 19.7 Å². The van der Waals surface area contributed by atoms with E-state index in [0.717, 1.165) is 16.7 Å². The Hall–Kier alpha value is -3.74. The summed E-state index contributed by atoms with van der Waals surface area (Å²) in [5, 5.41) is 4.02. The smallest absolute Gasteiger partial charge is 0.328 e. The lowest BCUT2D eigenvalue weighted by Gasteiger charge is -2.05. The fourth-order valence-electron chi connectivity index (χ4n) is 2.56. The number of nitrogens with one attached hydrogen (secondary N) is 1. The third-order valence-electron chi connectivity index (χ3n) is 3.91. The van der Waals surface area contributed by atoms with Crippen molar-refractivity contribution < 1.29 is 4.52 Å². The summed E-state index contributed by atoms with van der Waals surface area (Å²) in [6, 6.07) is 18.4. The molecule has 0 saturated heterocycles. The number of aromatic nitrogens is 4. The Morgan fingerprint density at radius 1 is 0.923 bits per heavy atom. The number of benzene rings is 2. The third kappa shape index (κ3) is 3.23. The van der Waals surface area contributed by atoms with Gasteiger partial charge in [-0.3, -0.25) is 14.3 Å². The van der Waals surface area contributed by atoms with E-state index in [1.807, 2.05) is 54.6 Å². The zero-order valence-electron chi connectivity index (χ0n) is 13.6. The lowest BCUT2D eigenvalue weighted by Crippen LogP contribution is -2.28. The van der Waals surface area contributed by atoms with E-state index in [1.165, 1.54) is 16.8 Å². The van der Waals surface area contributed by atoms with Gasteiger partial charge in [0.05, 0.1) is 6.54 Å². The van der Waals surface area contributed by atoms with Crippen molar-refractivity contribution in [3.63, 3.8) is 0 Å². The predicted molar refractivity (Wildman–Crippen MR) is 95.6 cm³/mol. The second-order valence-electron chi connectivity index (χ2n) is 5.72. The van der Waals surface area contributed by atoms with E-state index >= 15 is 0 Å². The molecule has 0 amide bonds. The minimum Gasteiger partial charge on any atom is -0.334 e. The average molecular weight is 346 g/mol. The second kappa shape index (κ2) is 6.64. The first-order valence-corrected chi connectivity index (χ1v) is 7.97. The molecule has 2 heterocycles. The van der Waals surface area contributed by atoms with E-state index in [-0.39, 0.29) is 0 Å². The Morgan fingerprint density at radius 3 is 2.42 bits per heavy atom. The van der Waals surface area contributed by atoms with Crippen molar-refractivity contribution in [3.05, 3.63) is 93.3 Å². The van der Waals surface area contributed by atoms with Gasteiger partial charge >= 0.3 is 5.69 Å². The Bertz CT molecular complexity index is 1140. The molecule has 0 aliphatic heterocycles. The van der Waals surface area contributed by atoms with E-state index < -0.39 is 11.2 Å². The fourth-order valence-corrected chi connectivity index (χ4v) is 2.56. The van der Waals surface area contributed by atoms with Crippen molar-refractivity contribution >= 4 is 0 Å². The Balaban J connectivity index is 1.56. The summed E-state index contributed by atoms with van der Waals surface area (Å²) < 4.78 is 6.75. The molecule has 7 nitrogen and oxygen atoms in total.